The van der Waals surface area contributed by atoms with Crippen LogP contribution in [0, 0.1) is 17.0 Å². The Morgan fingerprint density at radius 1 is 1.17 bits per heavy atom. The number of aromatic hydroxyl groups is 1. The average molecular weight is 473 g/mol. The minimum Gasteiger partial charge on any atom is -0.508 e. The lowest BCUT2D eigenvalue weighted by Crippen LogP contribution is -2.21. The van der Waals surface area contributed by atoms with Crippen molar-refractivity contribution >= 4 is 22.8 Å². The van der Waals surface area contributed by atoms with E-state index in [0.717, 1.165) is 21.6 Å². The summed E-state index contributed by atoms with van der Waals surface area (Å²) < 4.78 is 6.68. The third kappa shape index (κ3) is 4.48. The Morgan fingerprint density at radius 2 is 1.91 bits per heavy atom. The maximum atomic E-state index is 13.5. The molecule has 0 aliphatic heterocycles. The zero-order valence-corrected chi connectivity index (χ0v) is 19.7. The second-order valence-electron chi connectivity index (χ2n) is 8.38. The molecule has 0 aliphatic rings. The number of hydrogen-bond donors (Lipinski definition) is 1. The first-order valence-corrected chi connectivity index (χ1v) is 10.9. The van der Waals surface area contributed by atoms with E-state index in [1.165, 1.54) is 24.4 Å². The van der Waals surface area contributed by atoms with Gasteiger partial charge in [0.1, 0.15) is 11.5 Å². The molecule has 0 bridgehead atoms. The normalized spacial score (nSPS) is 11.5. The molecule has 0 unspecified atom stereocenters. The van der Waals surface area contributed by atoms with Crippen molar-refractivity contribution in [3.63, 3.8) is 0 Å². The molecular formula is C26H24N4O5. The number of phenolic OH excluding ortho intramolecular Hbond substituents is 1. The summed E-state index contributed by atoms with van der Waals surface area (Å²) in [5, 5.41) is 26.0. The van der Waals surface area contributed by atoms with E-state index in [1.54, 1.807) is 31.4 Å². The molecule has 0 aliphatic carbocycles. The number of nitro benzene ring substituents is 1. The standard InChI is InChI=1S/C26H24N4O5/c1-15(2)20-13-21(16(3)11-24(20)35-4)25-28-22-8-6-5-7-19(22)26(32)29(25)27-14-17-12-18(31)9-10-23(17)30(33)34/h5-15,31H,1-4H3. The minimum atomic E-state index is -0.578. The predicted molar refractivity (Wildman–Crippen MR) is 135 cm³/mol. The topological polar surface area (TPSA) is 120 Å². The van der Waals surface area contributed by atoms with Gasteiger partial charge in [0, 0.05) is 11.6 Å². The molecule has 9 heteroatoms. The van der Waals surface area contributed by atoms with Gasteiger partial charge in [-0.2, -0.15) is 9.78 Å². The van der Waals surface area contributed by atoms with Gasteiger partial charge in [-0.15, -0.1) is 0 Å². The number of aryl methyl sites for hydroxylation is 1. The molecule has 178 valence electrons. The molecule has 0 spiro atoms. The van der Waals surface area contributed by atoms with Crippen LogP contribution in [0.25, 0.3) is 22.3 Å². The van der Waals surface area contributed by atoms with Crippen molar-refractivity contribution in [2.45, 2.75) is 26.7 Å². The van der Waals surface area contributed by atoms with Gasteiger partial charge in [0.15, 0.2) is 5.82 Å². The summed E-state index contributed by atoms with van der Waals surface area (Å²) in [6, 6.07) is 14.4. The van der Waals surface area contributed by atoms with Crippen molar-refractivity contribution in [2.75, 3.05) is 7.11 Å². The molecule has 1 aromatic heterocycles. The number of benzene rings is 3. The molecule has 0 saturated heterocycles. The monoisotopic (exact) mass is 472 g/mol. The number of aromatic nitrogens is 2. The number of ether oxygens (including phenoxy) is 1. The zero-order valence-electron chi connectivity index (χ0n) is 19.7. The van der Waals surface area contributed by atoms with Gasteiger partial charge in [-0.1, -0.05) is 26.0 Å². The summed E-state index contributed by atoms with van der Waals surface area (Å²) in [6.45, 7) is 5.96. The number of hydrogen-bond acceptors (Lipinski definition) is 7. The van der Waals surface area contributed by atoms with Crippen LogP contribution < -0.4 is 10.3 Å². The quantitative estimate of drug-likeness (QED) is 0.240. The summed E-state index contributed by atoms with van der Waals surface area (Å²) in [5.41, 5.74) is 2.32. The summed E-state index contributed by atoms with van der Waals surface area (Å²) >= 11 is 0. The lowest BCUT2D eigenvalue weighted by molar-refractivity contribution is -0.385. The van der Waals surface area contributed by atoms with Crippen molar-refractivity contribution in [1.29, 1.82) is 0 Å². The van der Waals surface area contributed by atoms with Gasteiger partial charge >= 0.3 is 0 Å². The summed E-state index contributed by atoms with van der Waals surface area (Å²) in [6.07, 6.45) is 1.18. The van der Waals surface area contributed by atoms with Gasteiger partial charge < -0.3 is 9.84 Å². The van der Waals surface area contributed by atoms with Gasteiger partial charge in [0.05, 0.1) is 34.7 Å². The molecule has 0 radical (unpaired) electrons. The van der Waals surface area contributed by atoms with Gasteiger partial charge in [-0.05, 0) is 60.4 Å². The number of rotatable bonds is 6. The molecule has 3 aromatic carbocycles. The van der Waals surface area contributed by atoms with E-state index < -0.39 is 10.5 Å². The molecular weight excluding hydrogens is 448 g/mol. The van der Waals surface area contributed by atoms with Gasteiger partial charge in [0.2, 0.25) is 0 Å². The van der Waals surface area contributed by atoms with E-state index in [-0.39, 0.29) is 28.7 Å². The molecule has 0 fully saturated rings. The fourth-order valence-corrected chi connectivity index (χ4v) is 3.90. The zero-order chi connectivity index (χ0) is 25.3. The molecule has 0 saturated carbocycles. The largest absolute Gasteiger partial charge is 0.508 e. The molecule has 0 amide bonds. The number of para-hydroxylation sites is 1. The number of methoxy groups -OCH3 is 1. The first kappa shape index (κ1) is 23.6. The first-order chi connectivity index (χ1) is 16.7. The van der Waals surface area contributed by atoms with Crippen LogP contribution in [0.4, 0.5) is 5.69 Å². The SMILES string of the molecule is COc1cc(C)c(-c2nc3ccccc3c(=O)n2N=Cc2cc(O)ccc2[N+](=O)[O-])cc1C(C)C. The highest BCUT2D eigenvalue weighted by atomic mass is 16.6. The van der Waals surface area contributed by atoms with E-state index in [0.29, 0.717) is 16.5 Å². The fourth-order valence-electron chi connectivity index (χ4n) is 3.90. The number of nitro groups is 1. The molecule has 4 aromatic rings. The van der Waals surface area contributed by atoms with Crippen LogP contribution in [0.1, 0.15) is 36.5 Å². The minimum absolute atomic E-state index is 0.0512. The van der Waals surface area contributed by atoms with Crippen molar-refractivity contribution in [3.05, 3.63) is 91.8 Å². The molecule has 0 atom stereocenters. The van der Waals surface area contributed by atoms with Crippen molar-refractivity contribution in [3.8, 4) is 22.9 Å². The predicted octanol–water partition coefficient (Wildman–Crippen LogP) is 5.00. The second kappa shape index (κ2) is 9.38. The third-order valence-corrected chi connectivity index (χ3v) is 5.71. The highest BCUT2D eigenvalue weighted by Gasteiger charge is 2.19. The molecule has 35 heavy (non-hydrogen) atoms. The molecule has 1 heterocycles. The van der Waals surface area contributed by atoms with Crippen molar-refractivity contribution in [1.82, 2.24) is 9.66 Å². The Hall–Kier alpha value is -4.53. The van der Waals surface area contributed by atoms with Gasteiger partial charge in [0.25, 0.3) is 11.2 Å². The van der Waals surface area contributed by atoms with Crippen LogP contribution in [0.5, 0.6) is 11.5 Å². The Balaban J connectivity index is 2.02. The number of fused-ring (bicyclic) bond motifs is 1. The van der Waals surface area contributed by atoms with Crippen LogP contribution in [0.15, 0.2) is 64.5 Å². The maximum Gasteiger partial charge on any atom is 0.282 e. The Kier molecular flexibility index (Phi) is 6.33. The Morgan fingerprint density at radius 3 is 2.60 bits per heavy atom. The lowest BCUT2D eigenvalue weighted by atomic mass is 9.96. The second-order valence-corrected chi connectivity index (χ2v) is 8.38. The Labute approximate surface area is 201 Å². The number of nitrogens with zero attached hydrogens (tertiary/aromatic N) is 4. The van der Waals surface area contributed by atoms with E-state index in [9.17, 15) is 20.0 Å². The fraction of sp³-hybridized carbons (Fsp3) is 0.192. The van der Waals surface area contributed by atoms with Crippen LogP contribution in [0.3, 0.4) is 0 Å². The van der Waals surface area contributed by atoms with E-state index in [2.05, 4.69) is 5.10 Å². The summed E-state index contributed by atoms with van der Waals surface area (Å²) in [4.78, 5) is 29.1. The van der Waals surface area contributed by atoms with Gasteiger partial charge in [-0.25, -0.2) is 4.98 Å². The Bertz CT molecular complexity index is 1540. The van der Waals surface area contributed by atoms with Gasteiger partial charge in [-0.3, -0.25) is 14.9 Å². The molecule has 4 rings (SSSR count). The summed E-state index contributed by atoms with van der Waals surface area (Å²) in [7, 11) is 1.61. The third-order valence-electron chi connectivity index (χ3n) is 5.71. The number of phenols is 1. The maximum absolute atomic E-state index is 13.5. The average Bonchev–Trinajstić information content (AvgIpc) is 2.82. The molecule has 9 nitrogen and oxygen atoms in total. The van der Waals surface area contributed by atoms with E-state index in [1.807, 2.05) is 32.9 Å². The van der Waals surface area contributed by atoms with Crippen LogP contribution in [0.2, 0.25) is 0 Å². The lowest BCUT2D eigenvalue weighted by Gasteiger charge is -2.17. The van der Waals surface area contributed by atoms with Crippen LogP contribution in [-0.4, -0.2) is 33.0 Å². The van der Waals surface area contributed by atoms with E-state index in [4.69, 9.17) is 9.72 Å². The highest BCUT2D eigenvalue weighted by molar-refractivity contribution is 5.86. The smallest absolute Gasteiger partial charge is 0.282 e. The molecule has 1 N–H and O–H groups in total. The first-order valence-electron chi connectivity index (χ1n) is 10.9. The van der Waals surface area contributed by atoms with Crippen LogP contribution in [-0.2, 0) is 0 Å². The van der Waals surface area contributed by atoms with Crippen molar-refractivity contribution < 1.29 is 14.8 Å². The van der Waals surface area contributed by atoms with Crippen LogP contribution >= 0.6 is 0 Å². The van der Waals surface area contributed by atoms with E-state index >= 15 is 0 Å². The summed E-state index contributed by atoms with van der Waals surface area (Å²) in [5.74, 6) is 1.00. The highest BCUT2D eigenvalue weighted by Crippen LogP contribution is 2.34. The van der Waals surface area contributed by atoms with Crippen molar-refractivity contribution in [2.24, 2.45) is 5.10 Å².